The highest BCUT2D eigenvalue weighted by atomic mass is 35.5. The molecule has 2 heterocycles. The van der Waals surface area contributed by atoms with Crippen LogP contribution in [0.3, 0.4) is 0 Å². The van der Waals surface area contributed by atoms with Crippen molar-refractivity contribution in [2.24, 2.45) is 5.92 Å². The van der Waals surface area contributed by atoms with E-state index in [2.05, 4.69) is 15.6 Å². The lowest BCUT2D eigenvalue weighted by atomic mass is 9.98. The fourth-order valence-corrected chi connectivity index (χ4v) is 2.28. The molecule has 6 heteroatoms. The Morgan fingerprint density at radius 3 is 2.95 bits per heavy atom. The molecule has 0 bridgehead atoms. The molecular weight excluding hydrogens is 297 g/mol. The maximum atomic E-state index is 12.0. The van der Waals surface area contributed by atoms with Crippen LogP contribution in [0.15, 0.2) is 24.5 Å². The molecule has 114 valence electrons. The topological polar surface area (TPSA) is 54.0 Å². The predicted molar refractivity (Wildman–Crippen MR) is 85.8 cm³/mol. The van der Waals surface area contributed by atoms with Crippen LogP contribution >= 0.6 is 24.8 Å². The Balaban J connectivity index is 0.00000180. The highest BCUT2D eigenvalue weighted by Crippen LogP contribution is 2.14. The van der Waals surface area contributed by atoms with Crippen molar-refractivity contribution in [3.05, 3.63) is 30.1 Å². The summed E-state index contributed by atoms with van der Waals surface area (Å²) in [6.45, 7) is 4.82. The number of nitrogens with zero attached hydrogens (tertiary/aromatic N) is 1. The number of hydrogen-bond acceptors (Lipinski definition) is 3. The van der Waals surface area contributed by atoms with Gasteiger partial charge in [0.2, 0.25) is 5.91 Å². The van der Waals surface area contributed by atoms with Crippen LogP contribution in [0.25, 0.3) is 0 Å². The number of piperidine rings is 1. The number of hydrogen-bond donors (Lipinski definition) is 2. The van der Waals surface area contributed by atoms with Crippen LogP contribution in [-0.2, 0) is 4.79 Å². The molecular formula is C14H23Cl2N3O. The second-order valence-corrected chi connectivity index (χ2v) is 4.97. The summed E-state index contributed by atoms with van der Waals surface area (Å²) in [7, 11) is 0. The monoisotopic (exact) mass is 319 g/mol. The number of halogens is 2. The molecule has 1 aromatic heterocycles. The van der Waals surface area contributed by atoms with Crippen LogP contribution in [-0.4, -0.2) is 30.5 Å². The van der Waals surface area contributed by atoms with Crippen molar-refractivity contribution in [1.82, 2.24) is 15.6 Å². The standard InChI is InChI=1S/C14H21N3O.2ClH/c1-11(13-5-3-7-16-10-13)14(18)17-9-12-4-2-6-15-8-12;;/h3,5,7,10-12,15H,2,4,6,8-9H2,1H3,(H,17,18);2*1H. The van der Waals surface area contributed by atoms with Crippen LogP contribution in [0.2, 0.25) is 0 Å². The lowest BCUT2D eigenvalue weighted by Crippen LogP contribution is -2.39. The summed E-state index contributed by atoms with van der Waals surface area (Å²) in [6.07, 6.45) is 5.89. The summed E-state index contributed by atoms with van der Waals surface area (Å²) in [6, 6.07) is 3.81. The first kappa shape index (κ1) is 19.2. The summed E-state index contributed by atoms with van der Waals surface area (Å²) in [4.78, 5) is 16.1. The normalized spacial score (nSPS) is 19.1. The fraction of sp³-hybridized carbons (Fsp3) is 0.571. The first-order chi connectivity index (χ1) is 8.77. The lowest BCUT2D eigenvalue weighted by Gasteiger charge is -2.23. The maximum absolute atomic E-state index is 12.0. The summed E-state index contributed by atoms with van der Waals surface area (Å²) in [5, 5.41) is 6.40. The Morgan fingerprint density at radius 2 is 2.35 bits per heavy atom. The molecule has 4 nitrogen and oxygen atoms in total. The lowest BCUT2D eigenvalue weighted by molar-refractivity contribution is -0.122. The largest absolute Gasteiger partial charge is 0.355 e. The maximum Gasteiger partial charge on any atom is 0.227 e. The number of nitrogens with one attached hydrogen (secondary N) is 2. The molecule has 1 aromatic rings. The van der Waals surface area contributed by atoms with Gasteiger partial charge in [0.1, 0.15) is 0 Å². The molecule has 0 radical (unpaired) electrons. The van der Waals surface area contributed by atoms with Crippen molar-refractivity contribution in [3.63, 3.8) is 0 Å². The molecule has 1 fully saturated rings. The molecule has 2 atom stereocenters. The summed E-state index contributed by atoms with van der Waals surface area (Å²) in [5.74, 6) is 0.535. The molecule has 1 amide bonds. The summed E-state index contributed by atoms with van der Waals surface area (Å²) in [5.41, 5.74) is 0.969. The van der Waals surface area contributed by atoms with Crippen LogP contribution in [0.4, 0.5) is 0 Å². The Bertz CT molecular complexity index is 383. The quantitative estimate of drug-likeness (QED) is 0.894. The van der Waals surface area contributed by atoms with E-state index in [4.69, 9.17) is 0 Å². The zero-order chi connectivity index (χ0) is 12.8. The van der Waals surface area contributed by atoms with E-state index in [0.29, 0.717) is 5.92 Å². The molecule has 0 saturated carbocycles. The third-order valence-corrected chi connectivity index (χ3v) is 3.54. The minimum absolute atomic E-state index is 0. The average molecular weight is 320 g/mol. The first-order valence-electron chi connectivity index (χ1n) is 6.65. The van der Waals surface area contributed by atoms with Gasteiger partial charge in [-0.25, -0.2) is 0 Å². The zero-order valence-corrected chi connectivity index (χ0v) is 13.3. The van der Waals surface area contributed by atoms with Gasteiger partial charge in [0.05, 0.1) is 5.92 Å². The first-order valence-corrected chi connectivity index (χ1v) is 6.65. The molecule has 1 aliphatic rings. The van der Waals surface area contributed by atoms with E-state index in [1.165, 1.54) is 12.8 Å². The van der Waals surface area contributed by atoms with E-state index in [0.717, 1.165) is 25.2 Å². The molecule has 2 rings (SSSR count). The van der Waals surface area contributed by atoms with Crippen molar-refractivity contribution in [2.75, 3.05) is 19.6 Å². The van der Waals surface area contributed by atoms with Crippen LogP contribution in [0.1, 0.15) is 31.2 Å². The van der Waals surface area contributed by atoms with E-state index in [1.54, 1.807) is 12.4 Å². The number of rotatable bonds is 4. The number of carbonyl (C=O) groups excluding carboxylic acids is 1. The second-order valence-electron chi connectivity index (χ2n) is 4.97. The van der Waals surface area contributed by atoms with E-state index in [1.807, 2.05) is 19.1 Å². The van der Waals surface area contributed by atoms with Gasteiger partial charge in [0.25, 0.3) is 0 Å². The SMILES string of the molecule is CC(C(=O)NCC1CCCNC1)c1cccnc1.Cl.Cl. The van der Waals surface area contributed by atoms with Gasteiger partial charge >= 0.3 is 0 Å². The predicted octanol–water partition coefficient (Wildman–Crippen LogP) is 2.14. The van der Waals surface area contributed by atoms with Gasteiger partial charge in [-0.1, -0.05) is 6.07 Å². The minimum Gasteiger partial charge on any atom is -0.355 e. The third-order valence-electron chi connectivity index (χ3n) is 3.54. The van der Waals surface area contributed by atoms with Gasteiger partial charge in [-0.05, 0) is 50.4 Å². The molecule has 0 aliphatic carbocycles. The van der Waals surface area contributed by atoms with Crippen LogP contribution in [0, 0.1) is 5.92 Å². The van der Waals surface area contributed by atoms with Crippen LogP contribution < -0.4 is 10.6 Å². The highest BCUT2D eigenvalue weighted by Gasteiger charge is 2.18. The second kappa shape index (κ2) is 9.97. The van der Waals surface area contributed by atoms with Crippen molar-refractivity contribution >= 4 is 30.7 Å². The highest BCUT2D eigenvalue weighted by molar-refractivity contribution is 5.85. The van der Waals surface area contributed by atoms with Gasteiger partial charge in [0, 0.05) is 18.9 Å². The molecule has 1 aliphatic heterocycles. The number of carbonyl (C=O) groups is 1. The zero-order valence-electron chi connectivity index (χ0n) is 11.7. The minimum atomic E-state index is -0.129. The number of amides is 1. The van der Waals surface area contributed by atoms with Gasteiger partial charge in [-0.3, -0.25) is 9.78 Å². The van der Waals surface area contributed by atoms with E-state index < -0.39 is 0 Å². The van der Waals surface area contributed by atoms with Crippen LogP contribution in [0.5, 0.6) is 0 Å². The van der Waals surface area contributed by atoms with Crippen molar-refractivity contribution in [2.45, 2.75) is 25.7 Å². The van der Waals surface area contributed by atoms with Gasteiger partial charge in [-0.15, -0.1) is 24.8 Å². The molecule has 2 N–H and O–H groups in total. The summed E-state index contributed by atoms with van der Waals surface area (Å²) >= 11 is 0. The van der Waals surface area contributed by atoms with Gasteiger partial charge in [0.15, 0.2) is 0 Å². The van der Waals surface area contributed by atoms with Crippen molar-refractivity contribution in [1.29, 1.82) is 0 Å². The summed E-state index contributed by atoms with van der Waals surface area (Å²) < 4.78 is 0. The Hall–Kier alpha value is -0.840. The Labute approximate surface area is 132 Å². The van der Waals surface area contributed by atoms with Gasteiger partial charge in [-0.2, -0.15) is 0 Å². The van der Waals surface area contributed by atoms with Gasteiger partial charge < -0.3 is 10.6 Å². The smallest absolute Gasteiger partial charge is 0.227 e. The molecule has 2 unspecified atom stereocenters. The number of pyridine rings is 1. The number of aromatic nitrogens is 1. The molecule has 0 aromatic carbocycles. The fourth-order valence-electron chi connectivity index (χ4n) is 2.28. The molecule has 0 spiro atoms. The molecule has 20 heavy (non-hydrogen) atoms. The van der Waals surface area contributed by atoms with Crippen molar-refractivity contribution in [3.8, 4) is 0 Å². The third kappa shape index (κ3) is 5.65. The van der Waals surface area contributed by atoms with E-state index in [9.17, 15) is 4.79 Å². The average Bonchev–Trinajstić information content (AvgIpc) is 2.46. The van der Waals surface area contributed by atoms with Crippen molar-refractivity contribution < 1.29 is 4.79 Å². The molecule has 1 saturated heterocycles. The Kier molecular flexibility index (Phi) is 9.55. The van der Waals surface area contributed by atoms with E-state index in [-0.39, 0.29) is 36.6 Å². The van der Waals surface area contributed by atoms with E-state index >= 15 is 0 Å². The Morgan fingerprint density at radius 1 is 1.55 bits per heavy atom.